The number of amides is 1. The summed E-state index contributed by atoms with van der Waals surface area (Å²) < 4.78 is 32.3. The van der Waals surface area contributed by atoms with E-state index in [-0.39, 0.29) is 23.8 Å². The van der Waals surface area contributed by atoms with Crippen LogP contribution in [0.15, 0.2) is 30.3 Å². The monoisotopic (exact) mass is 420 g/mol. The molecule has 7 heteroatoms. The van der Waals surface area contributed by atoms with Crippen LogP contribution in [0.1, 0.15) is 51.0 Å². The zero-order valence-electron chi connectivity index (χ0n) is 17.3. The third kappa shape index (κ3) is 3.84. The Hall–Kier alpha value is -1.44. The average Bonchev–Trinajstić information content (AvgIpc) is 2.79. The number of sulfonamides is 1. The van der Waals surface area contributed by atoms with Crippen molar-refractivity contribution in [1.82, 2.24) is 9.21 Å². The highest BCUT2D eigenvalue weighted by atomic mass is 32.2. The number of ether oxygens (including phenoxy) is 1. The fourth-order valence-corrected chi connectivity index (χ4v) is 6.44. The molecule has 0 aromatic heterocycles. The molecule has 160 valence electrons. The van der Waals surface area contributed by atoms with Crippen molar-refractivity contribution in [2.45, 2.75) is 63.0 Å². The molecular formula is C22H32N2O4S. The van der Waals surface area contributed by atoms with E-state index < -0.39 is 15.4 Å². The van der Waals surface area contributed by atoms with Gasteiger partial charge in [-0.2, -0.15) is 0 Å². The number of piperidine rings is 1. The SMILES string of the molecule is CCS(=O)(=O)N1CCC(C(=O)N2CCOC3CCCCC32)(c2ccccc2)CC1. The molecule has 0 N–H and O–H groups in total. The Labute approximate surface area is 174 Å². The number of benzene rings is 1. The maximum absolute atomic E-state index is 14.1. The van der Waals surface area contributed by atoms with Crippen molar-refractivity contribution in [3.8, 4) is 0 Å². The third-order valence-corrected chi connectivity index (χ3v) is 8.94. The van der Waals surface area contributed by atoms with E-state index in [9.17, 15) is 13.2 Å². The fraction of sp³-hybridized carbons (Fsp3) is 0.682. The molecule has 0 spiro atoms. The minimum Gasteiger partial charge on any atom is -0.374 e. The largest absolute Gasteiger partial charge is 0.374 e. The number of carbonyl (C=O) groups excluding carboxylic acids is 1. The number of carbonyl (C=O) groups is 1. The molecule has 3 aliphatic rings. The number of hydrogen-bond acceptors (Lipinski definition) is 4. The van der Waals surface area contributed by atoms with E-state index >= 15 is 0 Å². The summed E-state index contributed by atoms with van der Waals surface area (Å²) in [6.07, 6.45) is 5.53. The van der Waals surface area contributed by atoms with Gasteiger partial charge < -0.3 is 9.64 Å². The van der Waals surface area contributed by atoms with E-state index in [1.54, 1.807) is 11.2 Å². The first-order valence-corrected chi connectivity index (χ1v) is 12.5. The second kappa shape index (κ2) is 8.36. The van der Waals surface area contributed by atoms with Crippen molar-refractivity contribution in [1.29, 1.82) is 0 Å². The Morgan fingerprint density at radius 3 is 2.48 bits per heavy atom. The quantitative estimate of drug-likeness (QED) is 0.751. The second-order valence-corrected chi connectivity index (χ2v) is 10.8. The van der Waals surface area contributed by atoms with E-state index in [1.807, 2.05) is 30.3 Å². The average molecular weight is 421 g/mol. The Balaban J connectivity index is 1.64. The minimum atomic E-state index is -3.23. The smallest absolute Gasteiger partial charge is 0.233 e. The van der Waals surface area contributed by atoms with Crippen molar-refractivity contribution in [2.24, 2.45) is 0 Å². The van der Waals surface area contributed by atoms with E-state index in [0.29, 0.717) is 39.1 Å². The summed E-state index contributed by atoms with van der Waals surface area (Å²) in [5.74, 6) is 0.268. The summed E-state index contributed by atoms with van der Waals surface area (Å²) in [7, 11) is -3.23. The first-order valence-electron chi connectivity index (χ1n) is 10.9. The summed E-state index contributed by atoms with van der Waals surface area (Å²) in [6, 6.07) is 10.1. The van der Waals surface area contributed by atoms with Crippen molar-refractivity contribution in [3.05, 3.63) is 35.9 Å². The summed E-state index contributed by atoms with van der Waals surface area (Å²) in [5.41, 5.74) is 0.359. The number of hydrogen-bond donors (Lipinski definition) is 0. The molecular weight excluding hydrogens is 388 g/mol. The van der Waals surface area contributed by atoms with Gasteiger partial charge >= 0.3 is 0 Å². The van der Waals surface area contributed by atoms with Gasteiger partial charge in [0.15, 0.2) is 0 Å². The van der Waals surface area contributed by atoms with Crippen LogP contribution in [-0.4, -0.2) is 67.7 Å². The van der Waals surface area contributed by atoms with Gasteiger partial charge in [0.25, 0.3) is 0 Å². The molecule has 2 aliphatic heterocycles. The molecule has 2 saturated heterocycles. The molecule has 0 radical (unpaired) electrons. The van der Waals surface area contributed by atoms with Gasteiger partial charge in [0.05, 0.1) is 29.9 Å². The normalized spacial score (nSPS) is 28.0. The zero-order valence-corrected chi connectivity index (χ0v) is 18.1. The molecule has 1 aromatic carbocycles. The lowest BCUT2D eigenvalue weighted by Crippen LogP contribution is -2.61. The summed E-state index contributed by atoms with van der Waals surface area (Å²) >= 11 is 0. The number of rotatable bonds is 4. The Morgan fingerprint density at radius 1 is 1.10 bits per heavy atom. The highest BCUT2D eigenvalue weighted by Crippen LogP contribution is 2.40. The van der Waals surface area contributed by atoms with E-state index in [4.69, 9.17) is 4.74 Å². The lowest BCUT2D eigenvalue weighted by atomic mass is 9.71. The van der Waals surface area contributed by atoms with Gasteiger partial charge in [-0.15, -0.1) is 0 Å². The summed E-state index contributed by atoms with van der Waals surface area (Å²) in [6.45, 7) is 3.70. The molecule has 29 heavy (non-hydrogen) atoms. The van der Waals surface area contributed by atoms with Crippen molar-refractivity contribution in [2.75, 3.05) is 32.0 Å². The molecule has 3 fully saturated rings. The van der Waals surface area contributed by atoms with Crippen molar-refractivity contribution in [3.63, 3.8) is 0 Å². The van der Waals surface area contributed by atoms with Gasteiger partial charge in [0.2, 0.25) is 15.9 Å². The van der Waals surface area contributed by atoms with Gasteiger partial charge in [-0.1, -0.05) is 43.2 Å². The van der Waals surface area contributed by atoms with Gasteiger partial charge in [0, 0.05) is 19.6 Å². The maximum Gasteiger partial charge on any atom is 0.233 e. The van der Waals surface area contributed by atoms with Crippen LogP contribution < -0.4 is 0 Å². The highest BCUT2D eigenvalue weighted by molar-refractivity contribution is 7.89. The molecule has 1 amide bonds. The van der Waals surface area contributed by atoms with Crippen LogP contribution in [0.2, 0.25) is 0 Å². The fourth-order valence-electron chi connectivity index (χ4n) is 5.34. The van der Waals surface area contributed by atoms with Crippen LogP contribution in [0.4, 0.5) is 0 Å². The molecule has 1 saturated carbocycles. The van der Waals surface area contributed by atoms with Crippen molar-refractivity contribution >= 4 is 15.9 Å². The number of fused-ring (bicyclic) bond motifs is 1. The van der Waals surface area contributed by atoms with Crippen LogP contribution in [-0.2, 0) is 25.0 Å². The summed E-state index contributed by atoms with van der Waals surface area (Å²) in [4.78, 5) is 16.1. The third-order valence-electron chi connectivity index (χ3n) is 7.06. The topological polar surface area (TPSA) is 66.9 Å². The van der Waals surface area contributed by atoms with Gasteiger partial charge in [-0.25, -0.2) is 12.7 Å². The van der Waals surface area contributed by atoms with E-state index in [2.05, 4.69) is 4.90 Å². The Bertz CT molecular complexity index is 816. The van der Waals surface area contributed by atoms with Crippen LogP contribution in [0.3, 0.4) is 0 Å². The predicted octanol–water partition coefficient (Wildman–Crippen LogP) is 2.54. The molecule has 2 unspecified atom stereocenters. The summed E-state index contributed by atoms with van der Waals surface area (Å²) in [5, 5.41) is 0. The van der Waals surface area contributed by atoms with Crippen LogP contribution in [0, 0.1) is 0 Å². The molecule has 6 nitrogen and oxygen atoms in total. The molecule has 1 aliphatic carbocycles. The number of morpholine rings is 1. The maximum atomic E-state index is 14.1. The Kier molecular flexibility index (Phi) is 6.00. The van der Waals surface area contributed by atoms with Gasteiger partial charge in [-0.05, 0) is 38.2 Å². The zero-order chi connectivity index (χ0) is 20.5. The standard InChI is InChI=1S/C22H32N2O4S/c1-2-29(26,27)23-14-12-22(13-15-23,18-8-4-3-5-9-18)21(25)24-16-17-28-20-11-7-6-10-19(20)24/h3-5,8-9,19-20H,2,6-7,10-17H2,1H3. The number of nitrogens with zero attached hydrogens (tertiary/aromatic N) is 2. The van der Waals surface area contributed by atoms with E-state index in [1.165, 1.54) is 0 Å². The molecule has 2 heterocycles. The predicted molar refractivity (Wildman–Crippen MR) is 112 cm³/mol. The lowest BCUT2D eigenvalue weighted by Gasteiger charge is -2.49. The molecule has 4 rings (SSSR count). The van der Waals surface area contributed by atoms with Crippen LogP contribution >= 0.6 is 0 Å². The minimum absolute atomic E-state index is 0.104. The lowest BCUT2D eigenvalue weighted by molar-refractivity contribution is -0.157. The molecule has 2 atom stereocenters. The van der Waals surface area contributed by atoms with Crippen LogP contribution in [0.25, 0.3) is 0 Å². The highest BCUT2D eigenvalue weighted by Gasteiger charge is 2.49. The Morgan fingerprint density at radius 2 is 1.79 bits per heavy atom. The van der Waals surface area contributed by atoms with Crippen molar-refractivity contribution < 1.29 is 17.9 Å². The molecule has 1 aromatic rings. The first-order chi connectivity index (χ1) is 14.0. The van der Waals surface area contributed by atoms with Gasteiger partial charge in [-0.3, -0.25) is 4.79 Å². The van der Waals surface area contributed by atoms with E-state index in [0.717, 1.165) is 31.2 Å². The van der Waals surface area contributed by atoms with Crippen LogP contribution in [0.5, 0.6) is 0 Å². The van der Waals surface area contributed by atoms with Gasteiger partial charge in [0.1, 0.15) is 0 Å². The second-order valence-electron chi connectivity index (χ2n) is 8.51. The molecule has 0 bridgehead atoms. The first kappa shape index (κ1) is 20.8.